The van der Waals surface area contributed by atoms with Crippen molar-refractivity contribution in [2.75, 3.05) is 0 Å². The van der Waals surface area contributed by atoms with Crippen molar-refractivity contribution in [1.82, 2.24) is 14.8 Å². The van der Waals surface area contributed by atoms with Crippen molar-refractivity contribution in [1.29, 1.82) is 0 Å². The molecule has 2 aromatic carbocycles. The quantitative estimate of drug-likeness (QED) is 0.422. The summed E-state index contributed by atoms with van der Waals surface area (Å²) < 4.78 is 2.10. The van der Waals surface area contributed by atoms with Crippen LogP contribution in [0.3, 0.4) is 0 Å². The number of benzene rings is 2. The van der Waals surface area contributed by atoms with Gasteiger partial charge in [0.15, 0.2) is 5.11 Å². The normalized spacial score (nSPS) is 16.1. The van der Waals surface area contributed by atoms with E-state index in [1.165, 1.54) is 4.90 Å². The Hall–Kier alpha value is -3.25. The van der Waals surface area contributed by atoms with Gasteiger partial charge in [-0.15, -0.1) is 0 Å². The number of para-hydroxylation sites is 1. The van der Waals surface area contributed by atoms with E-state index in [1.54, 1.807) is 6.08 Å². The number of carbonyl (C=O) groups is 2. The van der Waals surface area contributed by atoms with Crippen LogP contribution in [0.25, 0.3) is 17.0 Å². The first kappa shape index (κ1) is 18.1. The number of fused-ring (bicyclic) bond motifs is 1. The molecule has 140 valence electrons. The van der Waals surface area contributed by atoms with Gasteiger partial charge >= 0.3 is 0 Å². The molecule has 2 amide bonds. The Morgan fingerprint density at radius 2 is 1.75 bits per heavy atom. The molecule has 2 heterocycles. The van der Waals surface area contributed by atoms with Crippen molar-refractivity contribution >= 4 is 46.1 Å². The molecular weight excluding hydrogens is 370 g/mol. The van der Waals surface area contributed by atoms with Gasteiger partial charge in [-0.05, 0) is 36.8 Å². The number of aromatic nitrogens is 1. The van der Waals surface area contributed by atoms with Crippen LogP contribution in [0.2, 0.25) is 0 Å². The molecule has 1 N–H and O–H groups in total. The number of aryl methyl sites for hydroxylation is 1. The minimum atomic E-state index is -0.465. The summed E-state index contributed by atoms with van der Waals surface area (Å²) >= 11 is 5.24. The highest BCUT2D eigenvalue weighted by atomic mass is 32.1. The summed E-state index contributed by atoms with van der Waals surface area (Å²) in [6, 6.07) is 17.5. The first-order chi connectivity index (χ1) is 13.6. The lowest BCUT2D eigenvalue weighted by molar-refractivity contribution is -0.129. The van der Waals surface area contributed by atoms with Crippen LogP contribution in [0.1, 0.15) is 18.1 Å². The molecule has 1 aliphatic rings. The highest BCUT2D eigenvalue weighted by molar-refractivity contribution is 7.80. The van der Waals surface area contributed by atoms with Crippen molar-refractivity contribution in [3.63, 3.8) is 0 Å². The lowest BCUT2D eigenvalue weighted by Gasteiger charge is -2.29. The van der Waals surface area contributed by atoms with Crippen molar-refractivity contribution in [3.8, 4) is 0 Å². The SMILES string of the molecule is CCn1cc(/C=C2\C(=O)NC(=S)N(Cc3ccccc3)C2=O)c2ccccc21. The lowest BCUT2D eigenvalue weighted by Crippen LogP contribution is -2.53. The van der Waals surface area contributed by atoms with E-state index in [2.05, 4.69) is 16.8 Å². The number of rotatable bonds is 4. The molecule has 1 aliphatic heterocycles. The number of hydrogen-bond donors (Lipinski definition) is 1. The fourth-order valence-corrected chi connectivity index (χ4v) is 3.65. The smallest absolute Gasteiger partial charge is 0.265 e. The van der Waals surface area contributed by atoms with Crippen LogP contribution in [-0.2, 0) is 22.7 Å². The number of nitrogens with one attached hydrogen (secondary N) is 1. The first-order valence-electron chi connectivity index (χ1n) is 9.09. The predicted molar refractivity (Wildman–Crippen MR) is 113 cm³/mol. The number of nitrogens with zero attached hydrogens (tertiary/aromatic N) is 2. The molecule has 3 aromatic rings. The second-order valence-electron chi connectivity index (χ2n) is 6.58. The van der Waals surface area contributed by atoms with E-state index in [9.17, 15) is 9.59 Å². The lowest BCUT2D eigenvalue weighted by atomic mass is 10.1. The molecule has 1 aromatic heterocycles. The standard InChI is InChI=1S/C22H19N3O2S/c1-2-24-14-16(17-10-6-7-11-19(17)24)12-18-20(26)23-22(28)25(21(18)27)13-15-8-4-3-5-9-15/h3-12,14H,2,13H2,1H3,(H,23,26,28)/b18-12+. The molecule has 0 aliphatic carbocycles. The van der Waals surface area contributed by atoms with Gasteiger partial charge in [0.25, 0.3) is 11.8 Å². The van der Waals surface area contributed by atoms with Gasteiger partial charge in [-0.3, -0.25) is 19.8 Å². The summed E-state index contributed by atoms with van der Waals surface area (Å²) in [5.74, 6) is -0.849. The third-order valence-corrected chi connectivity index (χ3v) is 5.15. The molecule has 0 radical (unpaired) electrons. The molecule has 1 saturated heterocycles. The minimum absolute atomic E-state index is 0.0866. The van der Waals surface area contributed by atoms with Gasteiger partial charge in [-0.1, -0.05) is 48.5 Å². The fourth-order valence-electron chi connectivity index (χ4n) is 3.41. The second-order valence-corrected chi connectivity index (χ2v) is 6.97. The maximum Gasteiger partial charge on any atom is 0.265 e. The highest BCUT2D eigenvalue weighted by Gasteiger charge is 2.33. The Bertz CT molecular complexity index is 1120. The summed E-state index contributed by atoms with van der Waals surface area (Å²) in [5.41, 5.74) is 2.93. The van der Waals surface area contributed by atoms with Gasteiger partial charge in [0.05, 0.1) is 6.54 Å². The zero-order valence-corrected chi connectivity index (χ0v) is 16.2. The molecule has 1 fully saturated rings. The summed E-state index contributed by atoms with van der Waals surface area (Å²) in [5, 5.41) is 3.77. The average molecular weight is 389 g/mol. The van der Waals surface area contributed by atoms with Crippen molar-refractivity contribution in [3.05, 3.63) is 77.5 Å². The summed E-state index contributed by atoms with van der Waals surface area (Å²) in [6.45, 7) is 3.17. The van der Waals surface area contributed by atoms with E-state index in [0.717, 1.165) is 28.6 Å². The van der Waals surface area contributed by atoms with Crippen LogP contribution >= 0.6 is 12.2 Å². The number of carbonyl (C=O) groups excluding carboxylic acids is 2. The zero-order valence-electron chi connectivity index (χ0n) is 15.4. The van der Waals surface area contributed by atoms with Crippen LogP contribution in [0.4, 0.5) is 0 Å². The van der Waals surface area contributed by atoms with E-state index in [1.807, 2.05) is 60.8 Å². The summed E-state index contributed by atoms with van der Waals surface area (Å²) in [4.78, 5) is 27.0. The molecular formula is C22H19N3O2S. The van der Waals surface area contributed by atoms with Crippen LogP contribution in [0.5, 0.6) is 0 Å². The highest BCUT2D eigenvalue weighted by Crippen LogP contribution is 2.25. The van der Waals surface area contributed by atoms with Crippen molar-refractivity contribution < 1.29 is 9.59 Å². The molecule has 0 spiro atoms. The Balaban J connectivity index is 1.73. The van der Waals surface area contributed by atoms with E-state index in [-0.39, 0.29) is 16.6 Å². The van der Waals surface area contributed by atoms with E-state index >= 15 is 0 Å². The summed E-state index contributed by atoms with van der Waals surface area (Å²) in [6.07, 6.45) is 3.62. The second kappa shape index (κ2) is 7.40. The maximum absolute atomic E-state index is 13.1. The van der Waals surface area contributed by atoms with Gasteiger partial charge in [0, 0.05) is 29.2 Å². The predicted octanol–water partition coefficient (Wildman–Crippen LogP) is 3.49. The third kappa shape index (κ3) is 3.23. The molecule has 28 heavy (non-hydrogen) atoms. The maximum atomic E-state index is 13.1. The van der Waals surface area contributed by atoms with Crippen molar-refractivity contribution in [2.24, 2.45) is 0 Å². The first-order valence-corrected chi connectivity index (χ1v) is 9.50. The molecule has 6 heteroatoms. The molecule has 0 unspecified atom stereocenters. The Labute approximate surface area is 168 Å². The monoisotopic (exact) mass is 389 g/mol. The molecule has 5 nitrogen and oxygen atoms in total. The van der Waals surface area contributed by atoms with Crippen LogP contribution in [0, 0.1) is 0 Å². The third-order valence-electron chi connectivity index (χ3n) is 4.83. The van der Waals surface area contributed by atoms with E-state index in [4.69, 9.17) is 12.2 Å². The van der Waals surface area contributed by atoms with Gasteiger partial charge in [-0.2, -0.15) is 0 Å². The average Bonchev–Trinajstić information content (AvgIpc) is 3.07. The zero-order chi connectivity index (χ0) is 19.7. The van der Waals surface area contributed by atoms with Gasteiger partial charge in [-0.25, -0.2) is 0 Å². The largest absolute Gasteiger partial charge is 0.347 e. The van der Waals surface area contributed by atoms with Crippen LogP contribution in [0.15, 0.2) is 66.4 Å². The Morgan fingerprint density at radius 1 is 1.04 bits per heavy atom. The van der Waals surface area contributed by atoms with Crippen LogP contribution in [-0.4, -0.2) is 26.4 Å². The van der Waals surface area contributed by atoms with Crippen LogP contribution < -0.4 is 5.32 Å². The Kier molecular flexibility index (Phi) is 4.79. The molecule has 0 atom stereocenters. The Morgan fingerprint density at radius 3 is 2.50 bits per heavy atom. The fraction of sp³-hybridized carbons (Fsp3) is 0.136. The number of thiocarbonyl (C=S) groups is 1. The molecule has 0 saturated carbocycles. The van der Waals surface area contributed by atoms with E-state index in [0.29, 0.717) is 6.54 Å². The minimum Gasteiger partial charge on any atom is -0.347 e. The topological polar surface area (TPSA) is 54.3 Å². The van der Waals surface area contributed by atoms with Crippen molar-refractivity contribution in [2.45, 2.75) is 20.0 Å². The molecule has 4 rings (SSSR count). The van der Waals surface area contributed by atoms with E-state index < -0.39 is 5.91 Å². The van der Waals surface area contributed by atoms with Gasteiger partial charge in [0.1, 0.15) is 5.57 Å². The number of hydrogen-bond acceptors (Lipinski definition) is 3. The number of amides is 2. The van der Waals surface area contributed by atoms with Gasteiger partial charge < -0.3 is 4.57 Å². The van der Waals surface area contributed by atoms with Gasteiger partial charge in [0.2, 0.25) is 0 Å². The summed E-state index contributed by atoms with van der Waals surface area (Å²) in [7, 11) is 0. The molecule has 0 bridgehead atoms.